The summed E-state index contributed by atoms with van der Waals surface area (Å²) in [6, 6.07) is 2.10. The van der Waals surface area contributed by atoms with Gasteiger partial charge in [0.15, 0.2) is 11.6 Å². The van der Waals surface area contributed by atoms with E-state index in [2.05, 4.69) is 9.97 Å². The topological polar surface area (TPSA) is 61.0 Å². The molecule has 2 heterocycles. The molecule has 2 aromatic heterocycles. The number of aromatic nitrogens is 2. The van der Waals surface area contributed by atoms with Gasteiger partial charge >= 0.3 is 6.01 Å². The number of halogens is 1. The summed E-state index contributed by atoms with van der Waals surface area (Å²) in [4.78, 5) is 8.41. The molecule has 84 valence electrons. The Hall–Kier alpha value is -1.69. The first kappa shape index (κ1) is 10.8. The summed E-state index contributed by atoms with van der Waals surface area (Å²) in [7, 11) is 0. The summed E-state index contributed by atoms with van der Waals surface area (Å²) in [5.41, 5.74) is 6.47. The summed E-state index contributed by atoms with van der Waals surface area (Å²) >= 11 is 1.59. The first-order valence-electron chi connectivity index (χ1n) is 4.60. The lowest BCUT2D eigenvalue weighted by atomic mass is 10.3. The predicted octanol–water partition coefficient (Wildman–Crippen LogP) is 2.15. The number of anilines is 1. The zero-order chi connectivity index (χ0) is 11.5. The van der Waals surface area contributed by atoms with Crippen molar-refractivity contribution in [3.8, 4) is 6.01 Å². The number of rotatable bonds is 3. The maximum absolute atomic E-state index is 12.8. The van der Waals surface area contributed by atoms with Crippen LogP contribution in [0.3, 0.4) is 0 Å². The van der Waals surface area contributed by atoms with Crippen molar-refractivity contribution in [2.75, 3.05) is 5.73 Å². The minimum atomic E-state index is -0.640. The van der Waals surface area contributed by atoms with E-state index >= 15 is 0 Å². The molecule has 2 aromatic rings. The molecule has 2 rings (SSSR count). The Bertz CT molecular complexity index is 501. The van der Waals surface area contributed by atoms with Crippen LogP contribution >= 0.6 is 11.3 Å². The normalized spacial score (nSPS) is 10.4. The van der Waals surface area contributed by atoms with Crippen LogP contribution in [0.5, 0.6) is 6.01 Å². The minimum Gasteiger partial charge on any atom is -0.458 e. The standard InChI is InChI=1S/C10H10FN3OS/c1-6-2-7(16-5-6)4-15-10-13-3-8(11)9(12)14-10/h2-3,5H,4H2,1H3,(H2,12,13,14). The average Bonchev–Trinajstić information content (AvgIpc) is 2.66. The molecule has 0 spiro atoms. The van der Waals surface area contributed by atoms with Gasteiger partial charge in [-0.15, -0.1) is 11.3 Å². The Morgan fingerprint density at radius 2 is 2.38 bits per heavy atom. The first-order valence-corrected chi connectivity index (χ1v) is 5.48. The summed E-state index contributed by atoms with van der Waals surface area (Å²) in [5.74, 6) is -0.841. The van der Waals surface area contributed by atoms with Gasteiger partial charge in [0.05, 0.1) is 6.20 Å². The van der Waals surface area contributed by atoms with Gasteiger partial charge in [0.25, 0.3) is 0 Å². The van der Waals surface area contributed by atoms with E-state index in [1.807, 2.05) is 18.4 Å². The molecule has 0 unspecified atom stereocenters. The third-order valence-corrected chi connectivity index (χ3v) is 2.91. The van der Waals surface area contributed by atoms with Gasteiger partial charge in [0.2, 0.25) is 0 Å². The highest BCUT2D eigenvalue weighted by Crippen LogP contribution is 2.16. The van der Waals surface area contributed by atoms with E-state index in [1.54, 1.807) is 11.3 Å². The van der Waals surface area contributed by atoms with Crippen molar-refractivity contribution in [3.63, 3.8) is 0 Å². The van der Waals surface area contributed by atoms with E-state index in [0.29, 0.717) is 6.61 Å². The molecular formula is C10H10FN3OS. The van der Waals surface area contributed by atoms with Crippen LogP contribution in [0.2, 0.25) is 0 Å². The molecule has 6 heteroatoms. The Balaban J connectivity index is 2.02. The van der Waals surface area contributed by atoms with Crippen LogP contribution in [0.25, 0.3) is 0 Å². The summed E-state index contributed by atoms with van der Waals surface area (Å²) in [6.07, 6.45) is 0.997. The van der Waals surface area contributed by atoms with E-state index in [4.69, 9.17) is 10.5 Å². The molecule has 0 aliphatic heterocycles. The van der Waals surface area contributed by atoms with Crippen molar-refractivity contribution in [2.45, 2.75) is 13.5 Å². The number of thiophene rings is 1. The lowest BCUT2D eigenvalue weighted by molar-refractivity contribution is 0.283. The second-order valence-corrected chi connectivity index (χ2v) is 4.26. The molecule has 16 heavy (non-hydrogen) atoms. The average molecular weight is 239 g/mol. The molecule has 0 aromatic carbocycles. The molecule has 0 amide bonds. The molecular weight excluding hydrogens is 229 g/mol. The van der Waals surface area contributed by atoms with E-state index < -0.39 is 5.82 Å². The Kier molecular flexibility index (Phi) is 3.00. The van der Waals surface area contributed by atoms with Gasteiger partial charge in [0, 0.05) is 4.88 Å². The van der Waals surface area contributed by atoms with Crippen LogP contribution in [-0.2, 0) is 6.61 Å². The van der Waals surface area contributed by atoms with Gasteiger partial charge in [-0.2, -0.15) is 4.98 Å². The molecule has 0 saturated heterocycles. The van der Waals surface area contributed by atoms with Gasteiger partial charge < -0.3 is 10.5 Å². The van der Waals surface area contributed by atoms with Crippen LogP contribution in [-0.4, -0.2) is 9.97 Å². The molecule has 2 N–H and O–H groups in total. The zero-order valence-corrected chi connectivity index (χ0v) is 9.42. The molecule has 4 nitrogen and oxygen atoms in total. The van der Waals surface area contributed by atoms with Crippen LogP contribution < -0.4 is 10.5 Å². The van der Waals surface area contributed by atoms with E-state index in [1.165, 1.54) is 5.56 Å². The van der Waals surface area contributed by atoms with E-state index in [0.717, 1.165) is 11.1 Å². The molecule has 0 aliphatic carbocycles. The van der Waals surface area contributed by atoms with Gasteiger partial charge in [0.1, 0.15) is 6.61 Å². The predicted molar refractivity (Wildman–Crippen MR) is 59.8 cm³/mol. The number of nitrogens with two attached hydrogens (primary N) is 1. The van der Waals surface area contributed by atoms with Gasteiger partial charge in [-0.05, 0) is 23.9 Å². The van der Waals surface area contributed by atoms with Crippen LogP contribution in [0, 0.1) is 12.7 Å². The van der Waals surface area contributed by atoms with Crippen molar-refractivity contribution < 1.29 is 9.13 Å². The lowest BCUT2D eigenvalue weighted by Crippen LogP contribution is -2.02. The smallest absolute Gasteiger partial charge is 0.318 e. The highest BCUT2D eigenvalue weighted by molar-refractivity contribution is 7.10. The second kappa shape index (κ2) is 4.44. The fraction of sp³-hybridized carbons (Fsp3) is 0.200. The number of hydrogen-bond donors (Lipinski definition) is 1. The van der Waals surface area contributed by atoms with Crippen LogP contribution in [0.4, 0.5) is 10.2 Å². The highest BCUT2D eigenvalue weighted by Gasteiger charge is 2.05. The largest absolute Gasteiger partial charge is 0.458 e. The number of aryl methyl sites for hydroxylation is 1. The summed E-state index contributed by atoms with van der Waals surface area (Å²) in [6.45, 7) is 2.37. The van der Waals surface area contributed by atoms with Gasteiger partial charge in [-0.1, -0.05) is 0 Å². The fourth-order valence-corrected chi connectivity index (χ4v) is 1.92. The van der Waals surface area contributed by atoms with Crippen molar-refractivity contribution in [1.29, 1.82) is 0 Å². The number of ether oxygens (including phenoxy) is 1. The lowest BCUT2D eigenvalue weighted by Gasteiger charge is -2.02. The van der Waals surface area contributed by atoms with Gasteiger partial charge in [-0.25, -0.2) is 9.37 Å². The Labute approximate surface area is 95.9 Å². The maximum atomic E-state index is 12.8. The van der Waals surface area contributed by atoms with Gasteiger partial charge in [-0.3, -0.25) is 0 Å². The van der Waals surface area contributed by atoms with E-state index in [-0.39, 0.29) is 11.8 Å². The SMILES string of the molecule is Cc1csc(COc2ncc(F)c(N)n2)c1. The van der Waals surface area contributed by atoms with Crippen molar-refractivity contribution in [3.05, 3.63) is 33.9 Å². The van der Waals surface area contributed by atoms with Crippen molar-refractivity contribution in [2.24, 2.45) is 0 Å². The fourth-order valence-electron chi connectivity index (χ4n) is 1.13. The zero-order valence-electron chi connectivity index (χ0n) is 8.61. The molecule has 0 aliphatic rings. The molecule has 0 bridgehead atoms. The molecule has 0 radical (unpaired) electrons. The minimum absolute atomic E-state index is 0.0879. The Morgan fingerprint density at radius 3 is 3.00 bits per heavy atom. The summed E-state index contributed by atoms with van der Waals surface area (Å²) in [5, 5.41) is 2.03. The van der Waals surface area contributed by atoms with Crippen LogP contribution in [0.1, 0.15) is 10.4 Å². The highest BCUT2D eigenvalue weighted by atomic mass is 32.1. The molecule has 0 saturated carbocycles. The third-order valence-electron chi connectivity index (χ3n) is 1.88. The number of nitrogens with zero attached hydrogens (tertiary/aromatic N) is 2. The quantitative estimate of drug-likeness (QED) is 0.891. The second-order valence-electron chi connectivity index (χ2n) is 3.26. The first-order chi connectivity index (χ1) is 7.65. The molecule has 0 atom stereocenters. The summed E-state index contributed by atoms with van der Waals surface area (Å²) < 4.78 is 18.0. The monoisotopic (exact) mass is 239 g/mol. The van der Waals surface area contributed by atoms with E-state index in [9.17, 15) is 4.39 Å². The van der Waals surface area contributed by atoms with Crippen molar-refractivity contribution in [1.82, 2.24) is 9.97 Å². The third kappa shape index (κ3) is 2.46. The van der Waals surface area contributed by atoms with Crippen molar-refractivity contribution >= 4 is 17.2 Å². The van der Waals surface area contributed by atoms with Crippen LogP contribution in [0.15, 0.2) is 17.6 Å². The molecule has 0 fully saturated rings. The Morgan fingerprint density at radius 1 is 1.56 bits per heavy atom. The number of hydrogen-bond acceptors (Lipinski definition) is 5. The maximum Gasteiger partial charge on any atom is 0.318 e. The number of nitrogen functional groups attached to an aromatic ring is 1.